The summed E-state index contributed by atoms with van der Waals surface area (Å²) in [6, 6.07) is 11.5. The molecule has 2 heterocycles. The minimum Gasteiger partial charge on any atom is -0.379 e. The van der Waals surface area contributed by atoms with Crippen LogP contribution in [0.1, 0.15) is 23.2 Å². The predicted molar refractivity (Wildman–Crippen MR) is 120 cm³/mol. The van der Waals surface area contributed by atoms with E-state index in [2.05, 4.69) is 5.32 Å². The number of anilines is 1. The van der Waals surface area contributed by atoms with E-state index in [0.29, 0.717) is 56.9 Å². The number of carbonyl (C=O) groups excluding carboxylic acids is 2. The maximum absolute atomic E-state index is 13.2. The Bertz CT molecular complexity index is 1120. The molecule has 1 atom stereocenters. The molecule has 2 aromatic rings. The Morgan fingerprint density at radius 1 is 1.03 bits per heavy atom. The summed E-state index contributed by atoms with van der Waals surface area (Å²) in [6.07, 6.45) is 1.28. The van der Waals surface area contributed by atoms with Crippen LogP contribution >= 0.6 is 0 Å². The fraction of sp³-hybridized carbons (Fsp3) is 0.391. The van der Waals surface area contributed by atoms with E-state index in [1.54, 1.807) is 17.0 Å². The molecule has 4 rings (SSSR count). The van der Waals surface area contributed by atoms with Crippen LogP contribution in [-0.4, -0.2) is 68.8 Å². The molecule has 10 heteroatoms. The number of amides is 2. The van der Waals surface area contributed by atoms with Gasteiger partial charge < -0.3 is 15.0 Å². The molecule has 8 nitrogen and oxygen atoms in total. The lowest BCUT2D eigenvalue weighted by Gasteiger charge is -2.32. The van der Waals surface area contributed by atoms with Crippen LogP contribution in [0.15, 0.2) is 53.4 Å². The number of morpholine rings is 1. The van der Waals surface area contributed by atoms with Crippen LogP contribution in [0.4, 0.5) is 10.1 Å². The van der Waals surface area contributed by atoms with Crippen LogP contribution in [0.2, 0.25) is 0 Å². The molecule has 2 saturated heterocycles. The van der Waals surface area contributed by atoms with Crippen molar-refractivity contribution in [3.05, 3.63) is 59.9 Å². The van der Waals surface area contributed by atoms with Gasteiger partial charge in [-0.15, -0.1) is 0 Å². The molecule has 0 saturated carbocycles. The van der Waals surface area contributed by atoms with Gasteiger partial charge in [0.15, 0.2) is 0 Å². The highest BCUT2D eigenvalue weighted by molar-refractivity contribution is 7.89. The number of rotatable bonds is 5. The summed E-state index contributed by atoms with van der Waals surface area (Å²) in [6.45, 7) is 2.05. The van der Waals surface area contributed by atoms with Gasteiger partial charge in [0.25, 0.3) is 5.91 Å². The molecule has 0 bridgehead atoms. The number of nitrogens with zero attached hydrogens (tertiary/aromatic N) is 2. The van der Waals surface area contributed by atoms with Crippen LogP contribution in [0.3, 0.4) is 0 Å². The molecule has 2 aromatic carbocycles. The van der Waals surface area contributed by atoms with Gasteiger partial charge in [-0.2, -0.15) is 4.31 Å². The van der Waals surface area contributed by atoms with E-state index in [1.807, 2.05) is 0 Å². The van der Waals surface area contributed by atoms with Crippen molar-refractivity contribution < 1.29 is 27.1 Å². The molecule has 0 aliphatic carbocycles. The molecule has 33 heavy (non-hydrogen) atoms. The molecule has 2 fully saturated rings. The molecular formula is C23H26FN3O5S. The maximum Gasteiger partial charge on any atom is 0.253 e. The molecule has 0 spiro atoms. The van der Waals surface area contributed by atoms with Gasteiger partial charge in [0, 0.05) is 37.4 Å². The quantitative estimate of drug-likeness (QED) is 0.716. The Kier molecular flexibility index (Phi) is 7.06. The predicted octanol–water partition coefficient (Wildman–Crippen LogP) is 2.34. The summed E-state index contributed by atoms with van der Waals surface area (Å²) in [7, 11) is -3.68. The number of ether oxygens (including phenoxy) is 1. The number of hydrogen-bond acceptors (Lipinski definition) is 5. The van der Waals surface area contributed by atoms with E-state index in [9.17, 15) is 22.4 Å². The monoisotopic (exact) mass is 475 g/mol. The van der Waals surface area contributed by atoms with Gasteiger partial charge in [-0.3, -0.25) is 9.59 Å². The molecule has 0 aromatic heterocycles. The number of benzene rings is 2. The van der Waals surface area contributed by atoms with E-state index in [1.165, 1.54) is 40.7 Å². The van der Waals surface area contributed by atoms with Gasteiger partial charge in [-0.25, -0.2) is 12.8 Å². The van der Waals surface area contributed by atoms with Gasteiger partial charge >= 0.3 is 0 Å². The molecule has 2 aliphatic rings. The minimum absolute atomic E-state index is 0.110. The molecule has 176 valence electrons. The number of carbonyl (C=O) groups is 2. The van der Waals surface area contributed by atoms with Crippen LogP contribution in [0.5, 0.6) is 0 Å². The Hall–Kier alpha value is -2.82. The van der Waals surface area contributed by atoms with Crippen molar-refractivity contribution in [2.45, 2.75) is 17.7 Å². The zero-order valence-electron chi connectivity index (χ0n) is 18.1. The first-order valence-electron chi connectivity index (χ1n) is 10.9. The van der Waals surface area contributed by atoms with Crippen molar-refractivity contribution in [2.24, 2.45) is 5.92 Å². The van der Waals surface area contributed by atoms with E-state index >= 15 is 0 Å². The minimum atomic E-state index is -3.68. The van der Waals surface area contributed by atoms with Crippen LogP contribution in [-0.2, 0) is 19.6 Å². The normalized spacial score (nSPS) is 19.8. The largest absolute Gasteiger partial charge is 0.379 e. The summed E-state index contributed by atoms with van der Waals surface area (Å²) in [5.41, 5.74) is 0.759. The average molecular weight is 476 g/mol. The zero-order chi connectivity index (χ0) is 23.4. The molecule has 0 unspecified atom stereocenters. The van der Waals surface area contributed by atoms with Gasteiger partial charge in [0.2, 0.25) is 15.9 Å². The Morgan fingerprint density at radius 2 is 1.76 bits per heavy atom. The van der Waals surface area contributed by atoms with Crippen molar-refractivity contribution in [3.63, 3.8) is 0 Å². The number of hydrogen-bond donors (Lipinski definition) is 1. The zero-order valence-corrected chi connectivity index (χ0v) is 18.9. The topological polar surface area (TPSA) is 96.0 Å². The number of sulfonamides is 1. The number of likely N-dealkylation sites (tertiary alicyclic amines) is 1. The fourth-order valence-electron chi connectivity index (χ4n) is 4.07. The first-order chi connectivity index (χ1) is 15.8. The van der Waals surface area contributed by atoms with Gasteiger partial charge in [0.05, 0.1) is 24.0 Å². The second-order valence-electron chi connectivity index (χ2n) is 8.13. The molecule has 2 aliphatic heterocycles. The Labute approximate surface area is 192 Å². The average Bonchev–Trinajstić information content (AvgIpc) is 2.85. The van der Waals surface area contributed by atoms with E-state index in [-0.39, 0.29) is 23.3 Å². The first kappa shape index (κ1) is 23.3. The molecule has 0 radical (unpaired) electrons. The van der Waals surface area contributed by atoms with E-state index < -0.39 is 21.8 Å². The van der Waals surface area contributed by atoms with Crippen LogP contribution < -0.4 is 5.32 Å². The molecular weight excluding hydrogens is 449 g/mol. The van der Waals surface area contributed by atoms with Crippen LogP contribution in [0.25, 0.3) is 0 Å². The van der Waals surface area contributed by atoms with Crippen molar-refractivity contribution in [2.75, 3.05) is 44.7 Å². The van der Waals surface area contributed by atoms with Crippen LogP contribution in [0, 0.1) is 11.7 Å². The van der Waals surface area contributed by atoms with Gasteiger partial charge in [-0.1, -0.05) is 6.07 Å². The first-order valence-corrected chi connectivity index (χ1v) is 12.3. The highest BCUT2D eigenvalue weighted by Crippen LogP contribution is 2.23. The summed E-state index contributed by atoms with van der Waals surface area (Å²) in [4.78, 5) is 27.3. The fourth-order valence-corrected chi connectivity index (χ4v) is 5.52. The molecule has 2 amide bonds. The number of halogens is 1. The third-order valence-electron chi connectivity index (χ3n) is 5.88. The van der Waals surface area contributed by atoms with E-state index in [4.69, 9.17) is 4.74 Å². The van der Waals surface area contributed by atoms with Gasteiger partial charge in [0.1, 0.15) is 5.82 Å². The highest BCUT2D eigenvalue weighted by Gasteiger charge is 2.30. The van der Waals surface area contributed by atoms with Crippen molar-refractivity contribution >= 4 is 27.5 Å². The Balaban J connectivity index is 1.42. The standard InChI is InChI=1S/C23H26FN3O5S/c24-19-8-6-17(7-9-19)23(29)26-10-2-3-18(16-26)22(28)25-20-4-1-5-21(15-20)33(30,31)27-11-13-32-14-12-27/h1,4-9,15,18H,2-3,10-14,16H2,(H,25,28)/t18-/m1/s1. The summed E-state index contributed by atoms with van der Waals surface area (Å²) in [5.74, 6) is -1.36. The summed E-state index contributed by atoms with van der Waals surface area (Å²) >= 11 is 0. The number of piperidine rings is 1. The van der Waals surface area contributed by atoms with Crippen molar-refractivity contribution in [1.82, 2.24) is 9.21 Å². The second kappa shape index (κ2) is 9.98. The highest BCUT2D eigenvalue weighted by atomic mass is 32.2. The number of nitrogens with one attached hydrogen (secondary N) is 1. The maximum atomic E-state index is 13.2. The van der Waals surface area contributed by atoms with Crippen molar-refractivity contribution in [3.8, 4) is 0 Å². The SMILES string of the molecule is O=C(Nc1cccc(S(=O)(=O)N2CCOCC2)c1)[C@@H]1CCCN(C(=O)c2ccc(F)cc2)C1. The van der Waals surface area contributed by atoms with E-state index in [0.717, 1.165) is 0 Å². The third kappa shape index (κ3) is 5.40. The second-order valence-corrected chi connectivity index (χ2v) is 10.1. The lowest BCUT2D eigenvalue weighted by atomic mass is 9.96. The van der Waals surface area contributed by atoms with Crippen molar-refractivity contribution in [1.29, 1.82) is 0 Å². The Morgan fingerprint density at radius 3 is 2.48 bits per heavy atom. The smallest absolute Gasteiger partial charge is 0.253 e. The third-order valence-corrected chi connectivity index (χ3v) is 7.77. The molecule has 1 N–H and O–H groups in total. The van der Waals surface area contributed by atoms with Gasteiger partial charge in [-0.05, 0) is 55.3 Å². The lowest BCUT2D eigenvalue weighted by molar-refractivity contribution is -0.121. The summed E-state index contributed by atoms with van der Waals surface area (Å²) < 4.78 is 45.5. The summed E-state index contributed by atoms with van der Waals surface area (Å²) in [5, 5.41) is 2.80. The lowest BCUT2D eigenvalue weighted by Crippen LogP contribution is -2.43.